The Bertz CT molecular complexity index is 778. The number of benzene rings is 2. The number of sulfonamides is 1. The number of aryl methyl sites for hydroxylation is 1. The number of nitrogens with one attached hydrogen (secondary N) is 1. The van der Waals surface area contributed by atoms with Crippen LogP contribution in [-0.4, -0.2) is 15.5 Å². The first kappa shape index (κ1) is 15.8. The van der Waals surface area contributed by atoms with E-state index in [0.29, 0.717) is 21.5 Å². The molecule has 0 spiro atoms. The van der Waals surface area contributed by atoms with E-state index in [2.05, 4.69) is 20.7 Å². The fraction of sp³-hybridized carbons (Fsp3) is 0.143. The molecule has 2 rings (SSSR count). The van der Waals surface area contributed by atoms with Crippen LogP contribution in [0.1, 0.15) is 5.56 Å². The third-order valence-corrected chi connectivity index (χ3v) is 4.84. The molecule has 0 aliphatic heterocycles. The van der Waals surface area contributed by atoms with Gasteiger partial charge in [0.2, 0.25) is 0 Å². The first-order valence-electron chi connectivity index (χ1n) is 5.96. The van der Waals surface area contributed by atoms with Gasteiger partial charge in [0.25, 0.3) is 10.0 Å². The molecular weight excluding hydrogens is 361 g/mol. The van der Waals surface area contributed by atoms with Crippen molar-refractivity contribution in [3.8, 4) is 5.75 Å². The Balaban J connectivity index is 2.33. The predicted molar refractivity (Wildman–Crippen MR) is 82.6 cm³/mol. The Kier molecular flexibility index (Phi) is 4.53. The summed E-state index contributed by atoms with van der Waals surface area (Å²) in [7, 11) is -2.25. The summed E-state index contributed by atoms with van der Waals surface area (Å²) in [5.41, 5.74) is 0.673. The van der Waals surface area contributed by atoms with Gasteiger partial charge in [-0.25, -0.2) is 12.8 Å². The van der Waals surface area contributed by atoms with Crippen LogP contribution in [0.2, 0.25) is 0 Å². The summed E-state index contributed by atoms with van der Waals surface area (Å²) in [4.78, 5) is 0.0807. The first-order chi connectivity index (χ1) is 9.83. The third-order valence-electron chi connectivity index (χ3n) is 2.84. The number of hydrogen-bond donors (Lipinski definition) is 1. The van der Waals surface area contributed by atoms with E-state index >= 15 is 0 Å². The summed E-state index contributed by atoms with van der Waals surface area (Å²) in [6.07, 6.45) is 0. The molecular formula is C14H13BrFNO3S. The average Bonchev–Trinajstić information content (AvgIpc) is 2.42. The van der Waals surface area contributed by atoms with Gasteiger partial charge in [0.1, 0.15) is 11.6 Å². The third kappa shape index (κ3) is 3.54. The molecule has 0 fully saturated rings. The maximum atomic E-state index is 13.2. The average molecular weight is 374 g/mol. The summed E-state index contributed by atoms with van der Waals surface area (Å²) in [6, 6.07) is 8.45. The Labute approximate surface area is 131 Å². The molecule has 0 aliphatic rings. The van der Waals surface area contributed by atoms with Gasteiger partial charge >= 0.3 is 0 Å². The van der Waals surface area contributed by atoms with Crippen molar-refractivity contribution in [3.05, 3.63) is 52.3 Å². The van der Waals surface area contributed by atoms with Crippen molar-refractivity contribution in [1.29, 1.82) is 0 Å². The van der Waals surface area contributed by atoms with E-state index < -0.39 is 10.0 Å². The van der Waals surface area contributed by atoms with Gasteiger partial charge in [0, 0.05) is 5.69 Å². The number of hydrogen-bond acceptors (Lipinski definition) is 3. The second-order valence-corrected chi connectivity index (χ2v) is 6.90. The highest BCUT2D eigenvalue weighted by Crippen LogP contribution is 2.28. The molecule has 0 aromatic heterocycles. The topological polar surface area (TPSA) is 55.4 Å². The zero-order chi connectivity index (χ0) is 15.6. The van der Waals surface area contributed by atoms with E-state index in [-0.39, 0.29) is 10.7 Å². The predicted octanol–water partition coefficient (Wildman–Crippen LogP) is 3.71. The van der Waals surface area contributed by atoms with Crippen LogP contribution in [-0.2, 0) is 10.0 Å². The van der Waals surface area contributed by atoms with Gasteiger partial charge in [-0.1, -0.05) is 0 Å². The lowest BCUT2D eigenvalue weighted by Gasteiger charge is -2.10. The maximum absolute atomic E-state index is 13.2. The molecule has 0 atom stereocenters. The molecule has 112 valence electrons. The minimum absolute atomic E-state index is 0.0807. The zero-order valence-electron chi connectivity index (χ0n) is 11.4. The number of methoxy groups -OCH3 is 1. The van der Waals surface area contributed by atoms with Crippen LogP contribution in [0, 0.1) is 12.7 Å². The molecule has 0 saturated heterocycles. The second kappa shape index (κ2) is 6.03. The van der Waals surface area contributed by atoms with Crippen LogP contribution in [0.3, 0.4) is 0 Å². The first-order valence-corrected chi connectivity index (χ1v) is 8.23. The lowest BCUT2D eigenvalue weighted by atomic mass is 10.2. The highest BCUT2D eigenvalue weighted by Gasteiger charge is 2.16. The van der Waals surface area contributed by atoms with Gasteiger partial charge in [-0.2, -0.15) is 0 Å². The van der Waals surface area contributed by atoms with Crippen molar-refractivity contribution in [1.82, 2.24) is 0 Å². The van der Waals surface area contributed by atoms with Crippen molar-refractivity contribution in [2.24, 2.45) is 0 Å². The van der Waals surface area contributed by atoms with Gasteiger partial charge in [-0.15, -0.1) is 0 Å². The highest BCUT2D eigenvalue weighted by molar-refractivity contribution is 9.10. The Morgan fingerprint density at radius 3 is 2.48 bits per heavy atom. The van der Waals surface area contributed by atoms with Gasteiger partial charge in [-0.3, -0.25) is 4.72 Å². The largest absolute Gasteiger partial charge is 0.496 e. The van der Waals surface area contributed by atoms with E-state index in [1.165, 1.54) is 37.4 Å². The van der Waals surface area contributed by atoms with E-state index in [9.17, 15) is 12.8 Å². The van der Waals surface area contributed by atoms with Crippen molar-refractivity contribution in [2.75, 3.05) is 11.8 Å². The second-order valence-electron chi connectivity index (χ2n) is 4.37. The number of ether oxygens (including phenoxy) is 1. The van der Waals surface area contributed by atoms with Crippen LogP contribution >= 0.6 is 15.9 Å². The van der Waals surface area contributed by atoms with Crippen LogP contribution in [0.25, 0.3) is 0 Å². The molecule has 0 amide bonds. The van der Waals surface area contributed by atoms with Gasteiger partial charge < -0.3 is 4.74 Å². The van der Waals surface area contributed by atoms with Gasteiger partial charge in [-0.05, 0) is 64.8 Å². The quantitative estimate of drug-likeness (QED) is 0.888. The highest BCUT2D eigenvalue weighted by atomic mass is 79.9. The van der Waals surface area contributed by atoms with Crippen molar-refractivity contribution >= 4 is 31.6 Å². The standard InChI is InChI=1S/C14H13BrFNO3S/c1-9-7-10(3-5-13(9)16)17-21(18,19)11-4-6-14(20-2)12(15)8-11/h3-8,17H,1-2H3. The maximum Gasteiger partial charge on any atom is 0.261 e. The van der Waals surface area contributed by atoms with E-state index in [1.807, 2.05) is 0 Å². The van der Waals surface area contributed by atoms with Gasteiger partial charge in [0.15, 0.2) is 0 Å². The molecule has 0 heterocycles. The Morgan fingerprint density at radius 2 is 1.90 bits per heavy atom. The monoisotopic (exact) mass is 373 g/mol. The zero-order valence-corrected chi connectivity index (χ0v) is 13.8. The van der Waals surface area contributed by atoms with Crippen LogP contribution < -0.4 is 9.46 Å². The number of anilines is 1. The summed E-state index contributed by atoms with van der Waals surface area (Å²) in [5, 5.41) is 0. The molecule has 0 radical (unpaired) electrons. The molecule has 0 bridgehead atoms. The molecule has 0 aliphatic carbocycles. The molecule has 21 heavy (non-hydrogen) atoms. The summed E-state index contributed by atoms with van der Waals surface area (Å²) in [5.74, 6) is 0.150. The summed E-state index contributed by atoms with van der Waals surface area (Å²) >= 11 is 3.24. The lowest BCUT2D eigenvalue weighted by molar-refractivity contribution is 0.411. The van der Waals surface area contributed by atoms with E-state index in [1.54, 1.807) is 13.0 Å². The normalized spacial score (nSPS) is 11.2. The molecule has 2 aromatic rings. The minimum Gasteiger partial charge on any atom is -0.496 e. The molecule has 2 aromatic carbocycles. The van der Waals surface area contributed by atoms with Crippen molar-refractivity contribution in [3.63, 3.8) is 0 Å². The minimum atomic E-state index is -3.75. The Morgan fingerprint density at radius 1 is 1.19 bits per heavy atom. The van der Waals surface area contributed by atoms with Crippen LogP contribution in [0.4, 0.5) is 10.1 Å². The molecule has 7 heteroatoms. The fourth-order valence-electron chi connectivity index (χ4n) is 1.74. The SMILES string of the molecule is COc1ccc(S(=O)(=O)Nc2ccc(F)c(C)c2)cc1Br. The fourth-order valence-corrected chi connectivity index (χ4v) is 3.50. The summed E-state index contributed by atoms with van der Waals surface area (Å²) in [6.45, 7) is 1.57. The lowest BCUT2D eigenvalue weighted by Crippen LogP contribution is -2.13. The Hall–Kier alpha value is -1.60. The number of halogens is 2. The van der Waals surface area contributed by atoms with Crippen molar-refractivity contribution in [2.45, 2.75) is 11.8 Å². The molecule has 0 saturated carbocycles. The van der Waals surface area contributed by atoms with E-state index in [4.69, 9.17) is 4.74 Å². The molecule has 1 N–H and O–H groups in total. The number of rotatable bonds is 4. The van der Waals surface area contributed by atoms with Crippen LogP contribution in [0.5, 0.6) is 5.75 Å². The smallest absolute Gasteiger partial charge is 0.261 e. The van der Waals surface area contributed by atoms with Crippen LogP contribution in [0.15, 0.2) is 45.8 Å². The van der Waals surface area contributed by atoms with Gasteiger partial charge in [0.05, 0.1) is 16.5 Å². The molecule has 0 unspecified atom stereocenters. The van der Waals surface area contributed by atoms with Crippen molar-refractivity contribution < 1.29 is 17.5 Å². The molecule has 4 nitrogen and oxygen atoms in total. The summed E-state index contributed by atoms with van der Waals surface area (Å²) < 4.78 is 45.8. The van der Waals surface area contributed by atoms with E-state index in [0.717, 1.165) is 0 Å².